The van der Waals surface area contributed by atoms with E-state index in [1.807, 2.05) is 0 Å². The average molecular weight is 422 g/mol. The van der Waals surface area contributed by atoms with Gasteiger partial charge in [0, 0.05) is 19.8 Å². The molecule has 0 bridgehead atoms. The maximum atomic E-state index is 10.4. The van der Waals surface area contributed by atoms with E-state index in [4.69, 9.17) is 25.1 Å². The van der Waals surface area contributed by atoms with Crippen molar-refractivity contribution in [3.63, 3.8) is 0 Å². The van der Waals surface area contributed by atoms with Gasteiger partial charge in [0.2, 0.25) is 0 Å². The van der Waals surface area contributed by atoms with Gasteiger partial charge < -0.3 is 31.3 Å². The summed E-state index contributed by atoms with van der Waals surface area (Å²) in [5.41, 5.74) is 0. The Morgan fingerprint density at radius 2 is 0.889 bits per heavy atom. The molecule has 0 atom stereocenters. The first kappa shape index (κ1) is 37.7. The smallest absolute Gasteiger partial charge is 0.397 e. The zero-order valence-corrected chi connectivity index (χ0v) is 19.0. The minimum atomic E-state index is -4.24. The molecule has 0 amide bonds. The van der Waals surface area contributed by atoms with Crippen molar-refractivity contribution in [1.29, 1.82) is 0 Å². The van der Waals surface area contributed by atoms with Gasteiger partial charge in [-0.1, -0.05) is 64.7 Å². The fraction of sp³-hybridized carbons (Fsp3) is 1.00. The van der Waals surface area contributed by atoms with Gasteiger partial charge in [-0.15, -0.1) is 0 Å². The van der Waals surface area contributed by atoms with Gasteiger partial charge in [0.05, 0.1) is 6.61 Å². The molecule has 8 N–H and O–H groups in total. The van der Waals surface area contributed by atoms with Gasteiger partial charge in [-0.05, 0) is 27.2 Å². The fourth-order valence-corrected chi connectivity index (χ4v) is 2.14. The van der Waals surface area contributed by atoms with E-state index < -0.39 is 7.82 Å². The first-order valence-corrected chi connectivity index (χ1v) is 11.4. The highest BCUT2D eigenvalue weighted by molar-refractivity contribution is 7.46. The van der Waals surface area contributed by atoms with Crippen LogP contribution in [0.15, 0.2) is 0 Å². The SMILES string of the molecule is CCCCCCCCCCCCOP(=O)(O)O.CCO.CCO.CCO.N. The fourth-order valence-electron chi connectivity index (χ4n) is 1.77. The van der Waals surface area contributed by atoms with E-state index in [0.717, 1.165) is 19.3 Å². The summed E-state index contributed by atoms with van der Waals surface area (Å²) in [5, 5.41) is 22.7. The molecule has 27 heavy (non-hydrogen) atoms. The summed E-state index contributed by atoms with van der Waals surface area (Å²) in [5.74, 6) is 0. The molecule has 0 aliphatic rings. The van der Waals surface area contributed by atoms with Gasteiger partial charge in [-0.3, -0.25) is 4.52 Å². The van der Waals surface area contributed by atoms with Crippen molar-refractivity contribution in [3.05, 3.63) is 0 Å². The molecule has 0 saturated carbocycles. The summed E-state index contributed by atoms with van der Waals surface area (Å²) in [6.07, 6.45) is 12.0. The van der Waals surface area contributed by atoms with Gasteiger partial charge in [0.25, 0.3) is 0 Å². The van der Waals surface area contributed by atoms with Crippen molar-refractivity contribution in [2.24, 2.45) is 0 Å². The van der Waals surface area contributed by atoms with Crippen molar-refractivity contribution in [2.75, 3.05) is 26.4 Å². The third kappa shape index (κ3) is 76.5. The topological polar surface area (TPSA) is 162 Å². The van der Waals surface area contributed by atoms with E-state index in [0.29, 0.717) is 0 Å². The molecule has 8 nitrogen and oxygen atoms in total. The van der Waals surface area contributed by atoms with Crippen LogP contribution in [0.5, 0.6) is 0 Å². The summed E-state index contributed by atoms with van der Waals surface area (Å²) in [6.45, 7) is 8.18. The van der Waals surface area contributed by atoms with Crippen molar-refractivity contribution in [2.45, 2.75) is 91.9 Å². The van der Waals surface area contributed by atoms with Gasteiger partial charge in [-0.25, -0.2) is 4.57 Å². The number of rotatable bonds is 12. The number of phosphoric acid groups is 1. The lowest BCUT2D eigenvalue weighted by molar-refractivity contribution is 0.193. The maximum Gasteiger partial charge on any atom is 0.469 e. The molecule has 172 valence electrons. The molecule has 0 aliphatic carbocycles. The quantitative estimate of drug-likeness (QED) is 0.202. The van der Waals surface area contributed by atoms with Crippen LogP contribution >= 0.6 is 7.82 Å². The zero-order valence-electron chi connectivity index (χ0n) is 18.1. The average Bonchev–Trinajstić information content (AvgIpc) is 2.54. The summed E-state index contributed by atoms with van der Waals surface area (Å²) in [7, 11) is -4.24. The lowest BCUT2D eigenvalue weighted by Gasteiger charge is -2.05. The number of unbranched alkanes of at least 4 members (excludes halogenated alkanes) is 9. The molecule has 0 spiro atoms. The highest BCUT2D eigenvalue weighted by Gasteiger charge is 2.12. The van der Waals surface area contributed by atoms with Gasteiger partial charge in [0.15, 0.2) is 0 Å². The summed E-state index contributed by atoms with van der Waals surface area (Å²) in [6, 6.07) is 0. The van der Waals surface area contributed by atoms with Crippen LogP contribution in [0.3, 0.4) is 0 Å². The van der Waals surface area contributed by atoms with E-state index >= 15 is 0 Å². The molecule has 0 aromatic rings. The first-order valence-electron chi connectivity index (χ1n) is 9.83. The van der Waals surface area contributed by atoms with Crippen LogP contribution in [-0.4, -0.2) is 51.5 Å². The van der Waals surface area contributed by atoms with E-state index in [-0.39, 0.29) is 32.6 Å². The van der Waals surface area contributed by atoms with Gasteiger partial charge in [-0.2, -0.15) is 0 Å². The number of hydrogen-bond donors (Lipinski definition) is 6. The molecular weight excluding hydrogens is 373 g/mol. The molecule has 0 aromatic heterocycles. The predicted molar refractivity (Wildman–Crippen MR) is 113 cm³/mol. The van der Waals surface area contributed by atoms with E-state index in [2.05, 4.69) is 11.4 Å². The lowest BCUT2D eigenvalue weighted by atomic mass is 10.1. The van der Waals surface area contributed by atoms with E-state index in [1.165, 1.54) is 44.9 Å². The van der Waals surface area contributed by atoms with Crippen molar-refractivity contribution in [1.82, 2.24) is 6.15 Å². The van der Waals surface area contributed by atoms with Crippen LogP contribution in [0.1, 0.15) is 91.9 Å². The van der Waals surface area contributed by atoms with Crippen LogP contribution in [0, 0.1) is 0 Å². The molecule has 0 aromatic carbocycles. The molecular formula is C18H48NO7P. The Hall–Kier alpha value is -0.0500. The molecule has 0 unspecified atom stereocenters. The molecule has 9 heteroatoms. The van der Waals surface area contributed by atoms with E-state index in [9.17, 15) is 4.57 Å². The summed E-state index contributed by atoms with van der Waals surface area (Å²) >= 11 is 0. The van der Waals surface area contributed by atoms with Crippen molar-refractivity contribution in [3.8, 4) is 0 Å². The van der Waals surface area contributed by atoms with Crippen LogP contribution in [0.25, 0.3) is 0 Å². The monoisotopic (exact) mass is 421 g/mol. The third-order valence-corrected chi connectivity index (χ3v) is 3.28. The van der Waals surface area contributed by atoms with Gasteiger partial charge >= 0.3 is 7.82 Å². The minimum Gasteiger partial charge on any atom is -0.397 e. The highest BCUT2D eigenvalue weighted by Crippen LogP contribution is 2.35. The van der Waals surface area contributed by atoms with Gasteiger partial charge in [0.1, 0.15) is 0 Å². The van der Waals surface area contributed by atoms with E-state index in [1.54, 1.807) is 20.8 Å². The Morgan fingerprint density at radius 3 is 1.15 bits per heavy atom. The number of aliphatic hydroxyl groups is 3. The second-order valence-electron chi connectivity index (χ2n) is 5.45. The highest BCUT2D eigenvalue weighted by atomic mass is 31.2. The van der Waals surface area contributed by atoms with Crippen molar-refractivity contribution < 1.29 is 34.2 Å². The maximum absolute atomic E-state index is 10.4. The van der Waals surface area contributed by atoms with Crippen LogP contribution in [0.4, 0.5) is 0 Å². The standard InChI is InChI=1S/C12H27O4P.3C2H6O.H3N/c1-2-3-4-5-6-7-8-9-10-11-12-16-17(13,14)15;3*1-2-3;/h2-12H2,1H3,(H2,13,14,15);3*3H,2H2,1H3;1H3. The summed E-state index contributed by atoms with van der Waals surface area (Å²) < 4.78 is 14.7. The number of hydrogen-bond acceptors (Lipinski definition) is 6. The Bertz CT molecular complexity index is 249. The minimum absolute atomic E-state index is 0. The molecule has 0 heterocycles. The van der Waals surface area contributed by atoms with Crippen LogP contribution < -0.4 is 6.15 Å². The van der Waals surface area contributed by atoms with Crippen LogP contribution in [-0.2, 0) is 9.09 Å². The number of phosphoric ester groups is 1. The second kappa shape index (κ2) is 36.8. The first-order chi connectivity index (χ1) is 12.3. The molecule has 0 saturated heterocycles. The molecule has 0 rings (SSSR count). The third-order valence-electron chi connectivity index (χ3n) is 2.76. The molecule has 0 radical (unpaired) electrons. The summed E-state index contributed by atoms with van der Waals surface area (Å²) in [4.78, 5) is 16.9. The predicted octanol–water partition coefficient (Wildman–Crippen LogP) is 4.17. The zero-order chi connectivity index (χ0) is 21.1. The van der Waals surface area contributed by atoms with Crippen LogP contribution in [0.2, 0.25) is 0 Å². The Morgan fingerprint density at radius 1 is 0.630 bits per heavy atom. The second-order valence-corrected chi connectivity index (χ2v) is 6.69. The molecule has 0 fully saturated rings. The Balaban J connectivity index is -0.000000136. The lowest BCUT2D eigenvalue weighted by Crippen LogP contribution is -1.92. The largest absolute Gasteiger partial charge is 0.469 e. The Kier molecular flexibility index (Phi) is 51.3. The Labute approximate surface area is 167 Å². The van der Waals surface area contributed by atoms with Crippen molar-refractivity contribution >= 4 is 7.82 Å². The normalized spacial score (nSPS) is 9.52. The molecule has 0 aliphatic heterocycles. The number of aliphatic hydroxyl groups excluding tert-OH is 3.